The molecule has 0 aliphatic heterocycles. The van der Waals surface area contributed by atoms with Crippen LogP contribution >= 0.6 is 0 Å². The Morgan fingerprint density at radius 1 is 0.292 bits per heavy atom. The Bertz CT molecular complexity index is 766. The van der Waals surface area contributed by atoms with E-state index in [1.165, 1.54) is 205 Å². The Kier molecular flexibility index (Phi) is 14.2. The molecule has 6 rings (SSSR count). The van der Waals surface area contributed by atoms with Crippen LogP contribution in [0.15, 0.2) is 0 Å². The molecule has 0 amide bonds. The third-order valence-electron chi connectivity index (χ3n) is 15.7. The second-order valence-corrected chi connectivity index (χ2v) is 37.9. The molecule has 0 aromatic carbocycles. The summed E-state index contributed by atoms with van der Waals surface area (Å²) in [7, 11) is -7.54. The maximum absolute atomic E-state index is 8.37. The first-order valence-electron chi connectivity index (χ1n) is 22.7. The maximum atomic E-state index is 8.37. The minimum atomic E-state index is -1.91. The fraction of sp³-hybridized carbons (Fsp3) is 1.00. The predicted octanol–water partition coefficient (Wildman–Crippen LogP) is 15.3. The number of hydrogen-bond acceptors (Lipinski definition) is 2. The van der Waals surface area contributed by atoms with Crippen molar-refractivity contribution in [3.8, 4) is 0 Å². The van der Waals surface area contributed by atoms with E-state index in [-0.39, 0.29) is 0 Å². The van der Waals surface area contributed by atoms with Gasteiger partial charge in [-0.15, -0.1) is 0 Å². The third-order valence-corrected chi connectivity index (χ3v) is 37.5. The van der Waals surface area contributed by atoms with Crippen LogP contribution in [-0.4, -0.2) is 33.3 Å². The van der Waals surface area contributed by atoms with E-state index in [2.05, 4.69) is 26.2 Å². The van der Waals surface area contributed by atoms with Gasteiger partial charge in [0.25, 0.3) is 0 Å². The van der Waals surface area contributed by atoms with E-state index >= 15 is 0 Å². The molecule has 0 aromatic rings. The molecule has 0 atom stereocenters. The highest BCUT2D eigenvalue weighted by Gasteiger charge is 2.59. The van der Waals surface area contributed by atoms with E-state index in [0.717, 1.165) is 33.2 Å². The summed E-state index contributed by atoms with van der Waals surface area (Å²) in [5, 5.41) is 0. The fourth-order valence-corrected chi connectivity index (χ4v) is 42.6. The van der Waals surface area contributed by atoms with Crippen LogP contribution in [0, 0.1) is 0 Å². The van der Waals surface area contributed by atoms with Crippen molar-refractivity contribution in [3.05, 3.63) is 0 Å². The molecule has 278 valence electrons. The van der Waals surface area contributed by atoms with Crippen molar-refractivity contribution in [1.82, 2.24) is 0 Å². The van der Waals surface area contributed by atoms with Crippen LogP contribution in [0.25, 0.3) is 0 Å². The second kappa shape index (κ2) is 17.7. The van der Waals surface area contributed by atoms with Crippen molar-refractivity contribution in [2.75, 3.05) is 0 Å². The molecule has 48 heavy (non-hydrogen) atoms. The summed E-state index contributed by atoms with van der Waals surface area (Å²) in [5.74, 6) is 0. The first-order chi connectivity index (χ1) is 23.3. The monoisotopic (exact) mass is 731 g/mol. The van der Waals surface area contributed by atoms with Crippen LogP contribution in [-0.2, 0) is 8.23 Å². The molecule has 6 heteroatoms. The molecule has 0 N–H and O–H groups in total. The highest BCUT2D eigenvalue weighted by molar-refractivity contribution is 6.91. The second-order valence-electron chi connectivity index (χ2n) is 19.9. The van der Waals surface area contributed by atoms with Gasteiger partial charge in [-0.1, -0.05) is 193 Å². The van der Waals surface area contributed by atoms with Crippen LogP contribution < -0.4 is 0 Å². The molecule has 0 heterocycles. The molecule has 6 saturated carbocycles. The summed E-state index contributed by atoms with van der Waals surface area (Å²) in [5.41, 5.74) is 5.80. The van der Waals surface area contributed by atoms with Gasteiger partial charge in [0.1, 0.15) is 0 Å². The lowest BCUT2D eigenvalue weighted by molar-refractivity contribution is 0.337. The van der Waals surface area contributed by atoms with E-state index in [9.17, 15) is 0 Å². The van der Waals surface area contributed by atoms with E-state index in [1.807, 2.05) is 0 Å². The SMILES string of the molecule is C[Si](C)(CC[Si](C)(C)O[Si](C1CCCCC1)(C1CCCCC1)C1CCCCC1)O[Si](C1CCCCC1)(C1CCCCC1)C1CCCCC1. The zero-order valence-electron chi connectivity index (χ0n) is 32.9. The molecule has 0 unspecified atom stereocenters. The van der Waals surface area contributed by atoms with Gasteiger partial charge >= 0.3 is 0 Å². The average Bonchev–Trinajstić information content (AvgIpc) is 3.14. The van der Waals surface area contributed by atoms with Gasteiger partial charge in [-0.3, -0.25) is 0 Å². The van der Waals surface area contributed by atoms with E-state index < -0.39 is 33.3 Å². The summed E-state index contributed by atoms with van der Waals surface area (Å²) >= 11 is 0. The van der Waals surface area contributed by atoms with Gasteiger partial charge in [-0.05, 0) is 71.5 Å². The molecule has 6 fully saturated rings. The average molecular weight is 731 g/mol. The van der Waals surface area contributed by atoms with Crippen LogP contribution in [0.4, 0.5) is 0 Å². The Morgan fingerprint density at radius 3 is 0.625 bits per heavy atom. The Hall–Kier alpha value is 0.788. The first-order valence-corrected chi connectivity index (χ1v) is 33.2. The zero-order chi connectivity index (χ0) is 33.5. The third kappa shape index (κ3) is 9.11. The van der Waals surface area contributed by atoms with Crippen molar-refractivity contribution < 1.29 is 8.23 Å². The standard InChI is InChI=1S/C42H82O2Si4/c1-45(2,43-47(37-23-11-5-12-24-37,38-25-13-6-14-26-38)39-27-15-7-16-28-39)35-36-46(3,4)44-48(40-29-17-8-18-30-40,41-31-19-9-20-32-41)42-33-21-10-22-34-42/h37-42H,5-36H2,1-4H3. The molecular weight excluding hydrogens is 649 g/mol. The lowest BCUT2D eigenvalue weighted by Crippen LogP contribution is -2.60. The number of rotatable bonds is 13. The molecule has 6 aliphatic rings. The summed E-state index contributed by atoms with van der Waals surface area (Å²) in [4.78, 5) is 0. The molecule has 6 aliphatic carbocycles. The van der Waals surface area contributed by atoms with Crippen molar-refractivity contribution >= 4 is 33.3 Å². The number of hydrogen-bond donors (Lipinski definition) is 0. The van der Waals surface area contributed by atoms with Crippen LogP contribution in [0.3, 0.4) is 0 Å². The van der Waals surface area contributed by atoms with Crippen molar-refractivity contribution in [1.29, 1.82) is 0 Å². The van der Waals surface area contributed by atoms with Gasteiger partial charge in [-0.2, -0.15) is 0 Å². The highest BCUT2D eigenvalue weighted by atomic mass is 28.4. The van der Waals surface area contributed by atoms with E-state index in [1.54, 1.807) is 0 Å². The van der Waals surface area contributed by atoms with Gasteiger partial charge in [0.05, 0.1) is 0 Å². The smallest absolute Gasteiger partial charge is 0.189 e. The predicted molar refractivity (Wildman–Crippen MR) is 219 cm³/mol. The zero-order valence-corrected chi connectivity index (χ0v) is 36.9. The molecule has 0 radical (unpaired) electrons. The largest absolute Gasteiger partial charge is 0.455 e. The summed E-state index contributed by atoms with van der Waals surface area (Å²) in [6.45, 7) is 10.9. The Labute approximate surface area is 304 Å². The minimum absolute atomic E-state index is 0.967. The molecule has 0 bridgehead atoms. The molecule has 2 nitrogen and oxygen atoms in total. The lowest BCUT2D eigenvalue weighted by Gasteiger charge is -2.56. The minimum Gasteiger partial charge on any atom is -0.455 e. The fourth-order valence-electron chi connectivity index (χ4n) is 13.5. The summed E-state index contributed by atoms with van der Waals surface area (Å²) in [6, 6.07) is 2.77. The highest BCUT2D eigenvalue weighted by Crippen LogP contribution is 2.60. The van der Waals surface area contributed by atoms with Crippen LogP contribution in [0.2, 0.25) is 71.5 Å². The van der Waals surface area contributed by atoms with Gasteiger partial charge < -0.3 is 8.23 Å². The maximum Gasteiger partial charge on any atom is 0.189 e. The van der Waals surface area contributed by atoms with E-state index in [4.69, 9.17) is 8.23 Å². The molecule has 0 aromatic heterocycles. The van der Waals surface area contributed by atoms with Crippen molar-refractivity contribution in [3.63, 3.8) is 0 Å². The van der Waals surface area contributed by atoms with Crippen molar-refractivity contribution in [2.24, 2.45) is 0 Å². The van der Waals surface area contributed by atoms with Gasteiger partial charge in [0.15, 0.2) is 33.3 Å². The normalized spacial score (nSPS) is 27.0. The Morgan fingerprint density at radius 2 is 0.458 bits per heavy atom. The van der Waals surface area contributed by atoms with Gasteiger partial charge in [0, 0.05) is 0 Å². The first kappa shape index (κ1) is 38.5. The Balaban J connectivity index is 1.25. The van der Waals surface area contributed by atoms with E-state index in [0.29, 0.717) is 0 Å². The van der Waals surface area contributed by atoms with Crippen molar-refractivity contribution in [2.45, 2.75) is 264 Å². The molecular formula is C42H82O2Si4. The lowest BCUT2D eigenvalue weighted by atomic mass is 9.98. The quantitative estimate of drug-likeness (QED) is 0.176. The van der Waals surface area contributed by atoms with Crippen LogP contribution in [0.1, 0.15) is 193 Å². The van der Waals surface area contributed by atoms with Crippen LogP contribution in [0.5, 0.6) is 0 Å². The van der Waals surface area contributed by atoms with Gasteiger partial charge in [0.2, 0.25) is 0 Å². The van der Waals surface area contributed by atoms with Gasteiger partial charge in [-0.25, -0.2) is 0 Å². The summed E-state index contributed by atoms with van der Waals surface area (Å²) < 4.78 is 16.7. The molecule has 0 saturated heterocycles. The topological polar surface area (TPSA) is 18.5 Å². The molecule has 0 spiro atoms. The summed E-state index contributed by atoms with van der Waals surface area (Å²) in [6.07, 6.45) is 45.1.